The van der Waals surface area contributed by atoms with Crippen LogP contribution in [0, 0.1) is 5.92 Å². The quantitative estimate of drug-likeness (QED) is 0.697. The molecule has 0 bridgehead atoms. The van der Waals surface area contributed by atoms with Gasteiger partial charge in [0.25, 0.3) is 0 Å². The van der Waals surface area contributed by atoms with E-state index in [1.54, 1.807) is 0 Å². The summed E-state index contributed by atoms with van der Waals surface area (Å²) in [4.78, 5) is 0. The number of rotatable bonds is 3. The van der Waals surface area contributed by atoms with Gasteiger partial charge in [0.05, 0.1) is 6.04 Å². The second-order valence-corrected chi connectivity index (χ2v) is 4.14. The molecule has 1 aliphatic heterocycles. The Labute approximate surface area is 90.5 Å². The fourth-order valence-corrected chi connectivity index (χ4v) is 2.28. The van der Waals surface area contributed by atoms with Crippen LogP contribution < -0.4 is 10.9 Å². The van der Waals surface area contributed by atoms with Crippen molar-refractivity contribution >= 4 is 0 Å². The smallest absolute Gasteiger partial charge is 0.0506 e. The van der Waals surface area contributed by atoms with Crippen molar-refractivity contribution in [2.45, 2.75) is 25.4 Å². The molecule has 0 aliphatic carbocycles. The highest BCUT2D eigenvalue weighted by molar-refractivity contribution is 5.21. The van der Waals surface area contributed by atoms with Gasteiger partial charge >= 0.3 is 0 Å². The molecule has 1 aromatic carbocycles. The van der Waals surface area contributed by atoms with Gasteiger partial charge in [0.1, 0.15) is 0 Å². The minimum absolute atomic E-state index is 0.252. The van der Waals surface area contributed by atoms with Gasteiger partial charge in [0.2, 0.25) is 0 Å². The number of hydrazine groups is 1. The Morgan fingerprint density at radius 1 is 1.20 bits per heavy atom. The zero-order valence-electron chi connectivity index (χ0n) is 8.98. The fourth-order valence-electron chi connectivity index (χ4n) is 2.28. The molecule has 1 saturated heterocycles. The lowest BCUT2D eigenvalue weighted by Crippen LogP contribution is -2.29. The van der Waals surface area contributed by atoms with Gasteiger partial charge in [0.15, 0.2) is 0 Å². The molecule has 3 atom stereocenters. The van der Waals surface area contributed by atoms with E-state index in [0.29, 0.717) is 18.0 Å². The van der Waals surface area contributed by atoms with Crippen molar-refractivity contribution in [3.8, 4) is 0 Å². The lowest BCUT2D eigenvalue weighted by atomic mass is 9.88. The van der Waals surface area contributed by atoms with Crippen LogP contribution in [0.25, 0.3) is 0 Å². The molecule has 0 radical (unpaired) electrons. The first-order valence-corrected chi connectivity index (χ1v) is 5.50. The predicted molar refractivity (Wildman–Crippen MR) is 60.1 cm³/mol. The molecule has 2 rings (SSSR count). The summed E-state index contributed by atoms with van der Waals surface area (Å²) in [5.74, 6) is 0.456. The molecule has 0 amide bonds. The van der Waals surface area contributed by atoms with E-state index in [4.69, 9.17) is 5.11 Å². The number of aliphatic hydroxyl groups excluding tert-OH is 1. The van der Waals surface area contributed by atoms with Crippen LogP contribution in [0.1, 0.15) is 24.9 Å². The molecule has 3 N–H and O–H groups in total. The summed E-state index contributed by atoms with van der Waals surface area (Å²) in [6, 6.07) is 11.1. The third-order valence-electron chi connectivity index (χ3n) is 3.16. The number of nitrogens with one attached hydrogen (secondary N) is 2. The van der Waals surface area contributed by atoms with Crippen LogP contribution in [0.4, 0.5) is 0 Å². The SMILES string of the molecule is CC1NNC(c2ccccc2)C1CCO. The van der Waals surface area contributed by atoms with Crippen LogP contribution in [0.3, 0.4) is 0 Å². The Kier molecular flexibility index (Phi) is 3.36. The summed E-state index contributed by atoms with van der Waals surface area (Å²) < 4.78 is 0. The van der Waals surface area contributed by atoms with Gasteiger partial charge in [-0.1, -0.05) is 30.3 Å². The number of benzene rings is 1. The van der Waals surface area contributed by atoms with Crippen LogP contribution in [0.2, 0.25) is 0 Å². The third kappa shape index (κ3) is 2.20. The predicted octanol–water partition coefficient (Wildman–Crippen LogP) is 1.22. The molecule has 3 heteroatoms. The van der Waals surface area contributed by atoms with E-state index in [-0.39, 0.29) is 6.61 Å². The highest BCUT2D eigenvalue weighted by atomic mass is 16.3. The molecule has 1 aliphatic rings. The van der Waals surface area contributed by atoms with Crippen molar-refractivity contribution in [2.75, 3.05) is 6.61 Å². The van der Waals surface area contributed by atoms with Gasteiger partial charge in [-0.05, 0) is 24.8 Å². The van der Waals surface area contributed by atoms with Crippen molar-refractivity contribution in [1.82, 2.24) is 10.9 Å². The van der Waals surface area contributed by atoms with E-state index in [1.165, 1.54) is 5.56 Å². The number of hydrogen-bond donors (Lipinski definition) is 3. The summed E-state index contributed by atoms with van der Waals surface area (Å²) in [5, 5.41) is 9.05. The Bertz CT molecular complexity index is 302. The summed E-state index contributed by atoms with van der Waals surface area (Å²) in [6.45, 7) is 2.40. The summed E-state index contributed by atoms with van der Waals surface area (Å²) in [7, 11) is 0. The van der Waals surface area contributed by atoms with Crippen molar-refractivity contribution < 1.29 is 5.11 Å². The number of aliphatic hydroxyl groups is 1. The molecule has 15 heavy (non-hydrogen) atoms. The van der Waals surface area contributed by atoms with Gasteiger partial charge in [0, 0.05) is 12.6 Å². The molecule has 3 nitrogen and oxygen atoms in total. The zero-order valence-corrected chi connectivity index (χ0v) is 8.98. The molecule has 3 unspecified atom stereocenters. The molecular formula is C12H18N2O. The highest BCUT2D eigenvalue weighted by Gasteiger charge is 2.33. The lowest BCUT2D eigenvalue weighted by molar-refractivity contribution is 0.242. The standard InChI is InChI=1S/C12H18N2O/c1-9-11(7-8-15)12(14-13-9)10-5-3-2-4-6-10/h2-6,9,11-15H,7-8H2,1H3. The third-order valence-corrected chi connectivity index (χ3v) is 3.16. The minimum Gasteiger partial charge on any atom is -0.396 e. The molecule has 1 heterocycles. The van der Waals surface area contributed by atoms with E-state index >= 15 is 0 Å². The zero-order chi connectivity index (χ0) is 10.7. The first-order chi connectivity index (χ1) is 7.33. The Balaban J connectivity index is 2.15. The maximum Gasteiger partial charge on any atom is 0.0506 e. The van der Waals surface area contributed by atoms with Crippen molar-refractivity contribution in [3.63, 3.8) is 0 Å². The molecule has 0 aromatic heterocycles. The Hall–Kier alpha value is -0.900. The monoisotopic (exact) mass is 206 g/mol. The summed E-state index contributed by atoms with van der Waals surface area (Å²) in [6.07, 6.45) is 0.834. The fraction of sp³-hybridized carbons (Fsp3) is 0.500. The normalized spacial score (nSPS) is 30.7. The largest absolute Gasteiger partial charge is 0.396 e. The van der Waals surface area contributed by atoms with E-state index in [0.717, 1.165) is 6.42 Å². The van der Waals surface area contributed by atoms with Gasteiger partial charge in [-0.3, -0.25) is 5.43 Å². The molecule has 0 saturated carbocycles. The van der Waals surface area contributed by atoms with E-state index < -0.39 is 0 Å². The van der Waals surface area contributed by atoms with Crippen molar-refractivity contribution in [3.05, 3.63) is 35.9 Å². The van der Waals surface area contributed by atoms with Crippen LogP contribution in [0.15, 0.2) is 30.3 Å². The molecule has 82 valence electrons. The Morgan fingerprint density at radius 3 is 2.60 bits per heavy atom. The van der Waals surface area contributed by atoms with Crippen molar-refractivity contribution in [1.29, 1.82) is 0 Å². The van der Waals surface area contributed by atoms with E-state index in [1.807, 2.05) is 6.07 Å². The molecular weight excluding hydrogens is 188 g/mol. The average molecular weight is 206 g/mol. The summed E-state index contributed by atoms with van der Waals surface area (Å²) in [5.41, 5.74) is 7.82. The first kappa shape index (κ1) is 10.6. The minimum atomic E-state index is 0.252. The first-order valence-electron chi connectivity index (χ1n) is 5.50. The maximum atomic E-state index is 9.05. The van der Waals surface area contributed by atoms with E-state index in [2.05, 4.69) is 42.0 Å². The highest BCUT2D eigenvalue weighted by Crippen LogP contribution is 2.30. The van der Waals surface area contributed by atoms with Crippen LogP contribution in [-0.4, -0.2) is 17.8 Å². The van der Waals surface area contributed by atoms with Crippen LogP contribution in [-0.2, 0) is 0 Å². The van der Waals surface area contributed by atoms with E-state index in [9.17, 15) is 0 Å². The topological polar surface area (TPSA) is 44.3 Å². The maximum absolute atomic E-state index is 9.05. The van der Waals surface area contributed by atoms with Gasteiger partial charge in [-0.15, -0.1) is 0 Å². The lowest BCUT2D eigenvalue weighted by Gasteiger charge is -2.20. The van der Waals surface area contributed by atoms with Gasteiger partial charge in [-0.25, -0.2) is 5.43 Å². The van der Waals surface area contributed by atoms with Gasteiger partial charge < -0.3 is 5.11 Å². The van der Waals surface area contributed by atoms with Crippen molar-refractivity contribution in [2.24, 2.45) is 5.92 Å². The van der Waals surface area contributed by atoms with Crippen LogP contribution >= 0.6 is 0 Å². The Morgan fingerprint density at radius 2 is 1.93 bits per heavy atom. The molecule has 0 spiro atoms. The summed E-state index contributed by atoms with van der Waals surface area (Å²) >= 11 is 0. The second kappa shape index (κ2) is 4.75. The second-order valence-electron chi connectivity index (χ2n) is 4.14. The molecule has 1 aromatic rings. The van der Waals surface area contributed by atoms with Crippen LogP contribution in [0.5, 0.6) is 0 Å². The molecule has 1 fully saturated rings. The number of hydrogen-bond acceptors (Lipinski definition) is 3. The van der Waals surface area contributed by atoms with Gasteiger partial charge in [-0.2, -0.15) is 0 Å². The average Bonchev–Trinajstić information content (AvgIpc) is 2.63.